The summed E-state index contributed by atoms with van der Waals surface area (Å²) in [7, 11) is 0. The van der Waals surface area contributed by atoms with E-state index >= 15 is 0 Å². The van der Waals surface area contributed by atoms with E-state index in [1.165, 1.54) is 15.8 Å². The second kappa shape index (κ2) is 7.90. The van der Waals surface area contributed by atoms with Crippen LogP contribution in [0.5, 0.6) is 0 Å². The van der Waals surface area contributed by atoms with Crippen molar-refractivity contribution in [3.8, 4) is 0 Å². The minimum absolute atomic E-state index is 0.251. The van der Waals surface area contributed by atoms with Gasteiger partial charge in [-0.15, -0.1) is 5.10 Å². The van der Waals surface area contributed by atoms with Crippen LogP contribution < -0.4 is 5.32 Å². The molecule has 3 rings (SSSR count). The number of benzene rings is 1. The van der Waals surface area contributed by atoms with Gasteiger partial charge in [0.15, 0.2) is 11.5 Å². The molecule has 1 amide bonds. The Labute approximate surface area is 151 Å². The first kappa shape index (κ1) is 17.8. The molecule has 0 atom stereocenters. The third-order valence-corrected chi connectivity index (χ3v) is 3.99. The zero-order valence-corrected chi connectivity index (χ0v) is 15.1. The van der Waals surface area contributed by atoms with Crippen molar-refractivity contribution < 1.29 is 9.32 Å². The molecule has 2 aromatic heterocycles. The minimum atomic E-state index is -0.251. The predicted octanol–water partition coefficient (Wildman–Crippen LogP) is 2.11. The van der Waals surface area contributed by atoms with Gasteiger partial charge >= 0.3 is 0 Å². The van der Waals surface area contributed by atoms with Crippen LogP contribution in [-0.2, 0) is 13.0 Å². The normalized spacial score (nSPS) is 11.1. The van der Waals surface area contributed by atoms with Crippen LogP contribution >= 0.6 is 0 Å². The number of aromatic nitrogens is 5. The Hall–Kier alpha value is -3.03. The van der Waals surface area contributed by atoms with Crippen LogP contribution in [0.3, 0.4) is 0 Å². The molecule has 3 aromatic rings. The molecule has 8 heteroatoms. The van der Waals surface area contributed by atoms with E-state index in [0.717, 1.165) is 6.42 Å². The average Bonchev–Trinajstić information content (AvgIpc) is 3.25. The summed E-state index contributed by atoms with van der Waals surface area (Å²) in [5.41, 5.74) is 2.76. The number of hydrogen-bond acceptors (Lipinski definition) is 6. The number of nitrogens with one attached hydrogen (secondary N) is 1. The van der Waals surface area contributed by atoms with Gasteiger partial charge in [-0.25, -0.2) is 4.68 Å². The van der Waals surface area contributed by atoms with E-state index in [9.17, 15) is 4.79 Å². The summed E-state index contributed by atoms with van der Waals surface area (Å²) in [5.74, 6) is 1.24. The molecule has 8 nitrogen and oxygen atoms in total. The number of carbonyl (C=O) groups excluding carboxylic acids is 1. The lowest BCUT2D eigenvalue weighted by molar-refractivity contribution is 0.0949. The third kappa shape index (κ3) is 4.53. The van der Waals surface area contributed by atoms with Crippen LogP contribution in [0.1, 0.15) is 53.1 Å². The van der Waals surface area contributed by atoms with Crippen molar-refractivity contribution in [1.29, 1.82) is 0 Å². The zero-order valence-electron chi connectivity index (χ0n) is 15.1. The average molecular weight is 354 g/mol. The highest BCUT2D eigenvalue weighted by Gasteiger charge is 2.12. The maximum Gasteiger partial charge on any atom is 0.273 e. The van der Waals surface area contributed by atoms with Gasteiger partial charge in [0.25, 0.3) is 5.91 Å². The highest BCUT2D eigenvalue weighted by molar-refractivity contribution is 5.91. The summed E-state index contributed by atoms with van der Waals surface area (Å²) in [4.78, 5) is 16.3. The molecule has 0 aliphatic heterocycles. The van der Waals surface area contributed by atoms with E-state index in [4.69, 9.17) is 4.52 Å². The summed E-state index contributed by atoms with van der Waals surface area (Å²) in [5, 5.41) is 14.5. The lowest BCUT2D eigenvalue weighted by Gasteiger charge is -2.07. The number of carbonyl (C=O) groups is 1. The fraction of sp³-hybridized carbons (Fsp3) is 0.389. The first-order valence-electron chi connectivity index (χ1n) is 8.57. The van der Waals surface area contributed by atoms with E-state index in [1.807, 2.05) is 0 Å². The van der Waals surface area contributed by atoms with Gasteiger partial charge in [0.1, 0.15) is 6.54 Å². The maximum atomic E-state index is 12.2. The van der Waals surface area contributed by atoms with Gasteiger partial charge in [0.05, 0.1) is 6.20 Å². The smallest absolute Gasteiger partial charge is 0.273 e. The lowest BCUT2D eigenvalue weighted by atomic mass is 10.0. The topological polar surface area (TPSA) is 98.7 Å². The number of rotatable bonds is 7. The summed E-state index contributed by atoms with van der Waals surface area (Å²) in [6.07, 6.45) is 2.33. The van der Waals surface area contributed by atoms with Gasteiger partial charge in [-0.2, -0.15) is 4.98 Å². The molecule has 0 spiro atoms. The van der Waals surface area contributed by atoms with Crippen LogP contribution in [0.15, 0.2) is 35.0 Å². The summed E-state index contributed by atoms with van der Waals surface area (Å²) < 4.78 is 6.41. The van der Waals surface area contributed by atoms with Crippen molar-refractivity contribution >= 4 is 5.91 Å². The SMILES string of the molecule is Cc1nc(Cn2cc(C(=O)NCCc3ccc(C(C)C)cc3)nn2)no1. The van der Waals surface area contributed by atoms with Crippen molar-refractivity contribution in [3.63, 3.8) is 0 Å². The molecule has 26 heavy (non-hydrogen) atoms. The predicted molar refractivity (Wildman–Crippen MR) is 94.7 cm³/mol. The summed E-state index contributed by atoms with van der Waals surface area (Å²) in [6, 6.07) is 8.47. The van der Waals surface area contributed by atoms with Crippen molar-refractivity contribution in [2.75, 3.05) is 6.54 Å². The first-order valence-corrected chi connectivity index (χ1v) is 8.57. The van der Waals surface area contributed by atoms with Crippen molar-refractivity contribution in [2.24, 2.45) is 0 Å². The van der Waals surface area contributed by atoms with Crippen LogP contribution in [0.25, 0.3) is 0 Å². The molecule has 0 fully saturated rings. The Morgan fingerprint density at radius 2 is 2.04 bits per heavy atom. The number of nitrogens with zero attached hydrogens (tertiary/aromatic N) is 5. The van der Waals surface area contributed by atoms with Gasteiger partial charge in [-0.3, -0.25) is 4.79 Å². The summed E-state index contributed by atoms with van der Waals surface area (Å²) >= 11 is 0. The molecule has 0 saturated heterocycles. The van der Waals surface area contributed by atoms with E-state index in [1.54, 1.807) is 13.1 Å². The fourth-order valence-electron chi connectivity index (χ4n) is 2.51. The van der Waals surface area contributed by atoms with Gasteiger partial charge in [-0.1, -0.05) is 48.5 Å². The van der Waals surface area contributed by atoms with E-state index in [2.05, 4.69) is 63.9 Å². The van der Waals surface area contributed by atoms with Crippen molar-refractivity contribution in [3.05, 3.63) is 59.0 Å². The van der Waals surface area contributed by atoms with Crippen LogP contribution in [0.2, 0.25) is 0 Å². The minimum Gasteiger partial charge on any atom is -0.350 e. The fourth-order valence-corrected chi connectivity index (χ4v) is 2.51. The molecule has 0 saturated carbocycles. The Morgan fingerprint density at radius 1 is 1.27 bits per heavy atom. The molecule has 0 unspecified atom stereocenters. The number of hydrogen-bond donors (Lipinski definition) is 1. The van der Waals surface area contributed by atoms with E-state index < -0.39 is 0 Å². The molecule has 1 aromatic carbocycles. The van der Waals surface area contributed by atoms with Gasteiger partial charge < -0.3 is 9.84 Å². The number of aryl methyl sites for hydroxylation is 1. The molecule has 1 N–H and O–H groups in total. The van der Waals surface area contributed by atoms with Crippen LogP contribution in [-0.4, -0.2) is 37.6 Å². The zero-order chi connectivity index (χ0) is 18.5. The van der Waals surface area contributed by atoms with Crippen LogP contribution in [0.4, 0.5) is 0 Å². The number of amides is 1. The Bertz CT molecular complexity index is 866. The molecule has 2 heterocycles. The second-order valence-corrected chi connectivity index (χ2v) is 6.43. The Kier molecular flexibility index (Phi) is 5.40. The molecule has 0 aliphatic rings. The largest absolute Gasteiger partial charge is 0.350 e. The Morgan fingerprint density at radius 3 is 2.69 bits per heavy atom. The highest BCUT2D eigenvalue weighted by Crippen LogP contribution is 2.14. The van der Waals surface area contributed by atoms with Crippen LogP contribution in [0, 0.1) is 6.92 Å². The monoisotopic (exact) mass is 354 g/mol. The first-order chi connectivity index (χ1) is 12.5. The lowest BCUT2D eigenvalue weighted by Crippen LogP contribution is -2.26. The molecule has 0 radical (unpaired) electrons. The van der Waals surface area contributed by atoms with Gasteiger partial charge in [0, 0.05) is 13.5 Å². The van der Waals surface area contributed by atoms with Crippen molar-refractivity contribution in [2.45, 2.75) is 39.7 Å². The molecule has 0 bridgehead atoms. The Balaban J connectivity index is 1.49. The summed E-state index contributed by atoms with van der Waals surface area (Å²) in [6.45, 7) is 6.90. The van der Waals surface area contributed by atoms with Gasteiger partial charge in [-0.05, 0) is 23.5 Å². The second-order valence-electron chi connectivity index (χ2n) is 6.43. The molecular weight excluding hydrogens is 332 g/mol. The standard InChI is InChI=1S/C18H22N6O2/c1-12(2)15-6-4-14(5-7-15)8-9-19-18(25)16-10-24(23-21-16)11-17-20-13(3)26-22-17/h4-7,10,12H,8-9,11H2,1-3H3,(H,19,25). The molecule has 136 valence electrons. The third-order valence-electron chi connectivity index (χ3n) is 3.99. The van der Waals surface area contributed by atoms with Crippen molar-refractivity contribution in [1.82, 2.24) is 30.5 Å². The molecular formula is C18H22N6O2. The maximum absolute atomic E-state index is 12.2. The van der Waals surface area contributed by atoms with E-state index in [-0.39, 0.29) is 11.6 Å². The quantitative estimate of drug-likeness (QED) is 0.698. The highest BCUT2D eigenvalue weighted by atomic mass is 16.5. The van der Waals surface area contributed by atoms with E-state index in [0.29, 0.717) is 30.7 Å². The molecule has 0 aliphatic carbocycles. The van der Waals surface area contributed by atoms with Gasteiger partial charge in [0.2, 0.25) is 5.89 Å².